The number of methoxy groups -OCH3 is 2. The Hall–Kier alpha value is -1.68. The molecule has 0 radical (unpaired) electrons. The van der Waals surface area contributed by atoms with Gasteiger partial charge in [0.15, 0.2) is 11.5 Å². The minimum Gasteiger partial charge on any atom is -0.493 e. The van der Waals surface area contributed by atoms with Gasteiger partial charge in [0.05, 0.1) is 20.3 Å². The number of rotatable bonds is 3. The van der Waals surface area contributed by atoms with Crippen LogP contribution in [-0.4, -0.2) is 43.9 Å². The van der Waals surface area contributed by atoms with Gasteiger partial charge >= 0.3 is 0 Å². The van der Waals surface area contributed by atoms with Crippen molar-refractivity contribution in [3.05, 3.63) is 35.5 Å². The van der Waals surface area contributed by atoms with Crippen molar-refractivity contribution >= 4 is 0 Å². The van der Waals surface area contributed by atoms with Crippen molar-refractivity contribution in [2.45, 2.75) is 31.3 Å². The zero-order valence-corrected chi connectivity index (χ0v) is 13.8. The number of allylic oxidation sites excluding steroid dienone is 1. The molecule has 0 saturated carbocycles. The van der Waals surface area contributed by atoms with E-state index >= 15 is 0 Å². The summed E-state index contributed by atoms with van der Waals surface area (Å²) in [5.74, 6) is 1.77. The first-order valence-electron chi connectivity index (χ1n) is 7.86. The van der Waals surface area contributed by atoms with Gasteiger partial charge in [-0.25, -0.2) is 0 Å². The molecule has 4 nitrogen and oxygen atoms in total. The molecule has 3 atom stereocenters. The highest BCUT2D eigenvalue weighted by molar-refractivity contribution is 5.49. The molecule has 0 spiro atoms. The number of benzene rings is 1. The zero-order valence-electron chi connectivity index (χ0n) is 13.8. The summed E-state index contributed by atoms with van der Waals surface area (Å²) >= 11 is 0. The van der Waals surface area contributed by atoms with Gasteiger partial charge in [-0.2, -0.15) is 0 Å². The smallest absolute Gasteiger partial charge is 0.161 e. The SMILES string of the molecule is COc1ccc([C@]23CCN(C)C2=C[C@H](O)[C@@H](C)C3)cc1OC. The molecule has 2 aliphatic rings. The summed E-state index contributed by atoms with van der Waals surface area (Å²) in [7, 11) is 5.44. The topological polar surface area (TPSA) is 41.9 Å². The summed E-state index contributed by atoms with van der Waals surface area (Å²) in [6.07, 6.45) is 3.71. The second-order valence-electron chi connectivity index (χ2n) is 6.55. The number of aliphatic hydroxyl groups is 1. The number of fused-ring (bicyclic) bond motifs is 1. The summed E-state index contributed by atoms with van der Waals surface area (Å²) < 4.78 is 10.8. The maximum absolute atomic E-state index is 10.2. The third-order valence-electron chi connectivity index (χ3n) is 5.29. The predicted molar refractivity (Wildman–Crippen MR) is 86.3 cm³/mol. The molecule has 22 heavy (non-hydrogen) atoms. The van der Waals surface area contributed by atoms with Crippen LogP contribution < -0.4 is 9.47 Å². The molecule has 1 aromatic carbocycles. The molecule has 1 aliphatic heterocycles. The first kappa shape index (κ1) is 15.2. The Morgan fingerprint density at radius 3 is 2.64 bits per heavy atom. The summed E-state index contributed by atoms with van der Waals surface area (Å²) in [4.78, 5) is 2.27. The van der Waals surface area contributed by atoms with Gasteiger partial charge in [0.25, 0.3) is 0 Å². The third-order valence-corrected chi connectivity index (χ3v) is 5.29. The van der Waals surface area contributed by atoms with E-state index in [-0.39, 0.29) is 17.4 Å². The number of likely N-dealkylation sites (N-methyl/N-ethyl adjacent to an activating group) is 1. The molecular formula is C18H25NO3. The Kier molecular flexibility index (Phi) is 3.81. The van der Waals surface area contributed by atoms with Crippen molar-refractivity contribution in [1.29, 1.82) is 0 Å². The Morgan fingerprint density at radius 2 is 1.95 bits per heavy atom. The minimum atomic E-state index is -0.358. The number of likely N-dealkylation sites (tertiary alicyclic amines) is 1. The van der Waals surface area contributed by atoms with Gasteiger partial charge in [-0.1, -0.05) is 13.0 Å². The highest BCUT2D eigenvalue weighted by Gasteiger charge is 2.47. The van der Waals surface area contributed by atoms with Gasteiger partial charge in [-0.3, -0.25) is 0 Å². The van der Waals surface area contributed by atoms with Crippen LogP contribution in [0.3, 0.4) is 0 Å². The molecule has 1 heterocycles. The molecule has 1 aliphatic carbocycles. The van der Waals surface area contributed by atoms with E-state index in [0.29, 0.717) is 0 Å². The van der Waals surface area contributed by atoms with Crippen LogP contribution in [0.5, 0.6) is 11.5 Å². The number of ether oxygens (including phenoxy) is 2. The van der Waals surface area contributed by atoms with Crippen LogP contribution in [0.2, 0.25) is 0 Å². The van der Waals surface area contributed by atoms with Gasteiger partial charge in [0.1, 0.15) is 0 Å². The van der Waals surface area contributed by atoms with Crippen LogP contribution in [0.25, 0.3) is 0 Å². The highest BCUT2D eigenvalue weighted by atomic mass is 16.5. The maximum atomic E-state index is 10.2. The lowest BCUT2D eigenvalue weighted by Crippen LogP contribution is -2.38. The van der Waals surface area contributed by atoms with Crippen molar-refractivity contribution in [3.8, 4) is 11.5 Å². The Balaban J connectivity index is 2.10. The highest BCUT2D eigenvalue weighted by Crippen LogP contribution is 2.51. The fraction of sp³-hybridized carbons (Fsp3) is 0.556. The van der Waals surface area contributed by atoms with E-state index in [9.17, 15) is 5.11 Å². The monoisotopic (exact) mass is 303 g/mol. The lowest BCUT2D eigenvalue weighted by molar-refractivity contribution is 0.125. The van der Waals surface area contributed by atoms with E-state index in [2.05, 4.69) is 31.0 Å². The molecule has 0 amide bonds. The first-order valence-corrected chi connectivity index (χ1v) is 7.86. The fourth-order valence-electron chi connectivity index (χ4n) is 4.01. The molecule has 1 aromatic rings. The van der Waals surface area contributed by atoms with Crippen LogP contribution >= 0.6 is 0 Å². The zero-order chi connectivity index (χ0) is 15.9. The van der Waals surface area contributed by atoms with Crippen LogP contribution in [0.15, 0.2) is 30.0 Å². The normalized spacial score (nSPS) is 30.8. The van der Waals surface area contributed by atoms with E-state index in [4.69, 9.17) is 9.47 Å². The van der Waals surface area contributed by atoms with E-state index in [1.54, 1.807) is 14.2 Å². The van der Waals surface area contributed by atoms with Crippen molar-refractivity contribution < 1.29 is 14.6 Å². The molecule has 4 heteroatoms. The van der Waals surface area contributed by atoms with Crippen LogP contribution in [0, 0.1) is 5.92 Å². The third kappa shape index (κ3) is 2.17. The standard InChI is InChI=1S/C18H25NO3/c1-12-11-18(7-8-19(2)17(18)10-14(12)20)13-5-6-15(21-3)16(9-13)22-4/h5-6,9-10,12,14,20H,7-8,11H2,1-4H3/t12-,14-,18+/m0/s1. The van der Waals surface area contributed by atoms with Crippen molar-refractivity contribution in [3.63, 3.8) is 0 Å². The Bertz CT molecular complexity index is 598. The average molecular weight is 303 g/mol. The molecule has 120 valence electrons. The summed E-state index contributed by atoms with van der Waals surface area (Å²) in [6.45, 7) is 3.14. The molecule has 0 bridgehead atoms. The molecule has 0 unspecified atom stereocenters. The van der Waals surface area contributed by atoms with E-state index in [1.807, 2.05) is 12.1 Å². The molecule has 3 rings (SSSR count). The molecular weight excluding hydrogens is 278 g/mol. The van der Waals surface area contributed by atoms with Crippen molar-refractivity contribution in [1.82, 2.24) is 4.90 Å². The van der Waals surface area contributed by atoms with Gasteiger partial charge in [0.2, 0.25) is 0 Å². The molecule has 1 saturated heterocycles. The Morgan fingerprint density at radius 1 is 1.23 bits per heavy atom. The molecule has 0 aromatic heterocycles. The fourth-order valence-corrected chi connectivity index (χ4v) is 4.01. The van der Waals surface area contributed by atoms with Crippen LogP contribution in [0.1, 0.15) is 25.3 Å². The number of hydrogen-bond donors (Lipinski definition) is 1. The quantitative estimate of drug-likeness (QED) is 0.932. The second-order valence-corrected chi connectivity index (χ2v) is 6.55. The largest absolute Gasteiger partial charge is 0.493 e. The molecule has 1 N–H and O–H groups in total. The predicted octanol–water partition coefficient (Wildman–Crippen LogP) is 2.56. The Labute approximate surface area is 132 Å². The summed E-state index contributed by atoms with van der Waals surface area (Å²) in [6, 6.07) is 6.21. The average Bonchev–Trinajstić information content (AvgIpc) is 2.85. The summed E-state index contributed by atoms with van der Waals surface area (Å²) in [5, 5.41) is 10.2. The van der Waals surface area contributed by atoms with E-state index in [1.165, 1.54) is 11.3 Å². The van der Waals surface area contributed by atoms with Crippen molar-refractivity contribution in [2.75, 3.05) is 27.8 Å². The van der Waals surface area contributed by atoms with Gasteiger partial charge in [0, 0.05) is 24.7 Å². The van der Waals surface area contributed by atoms with E-state index in [0.717, 1.165) is 30.9 Å². The number of hydrogen-bond acceptors (Lipinski definition) is 4. The van der Waals surface area contributed by atoms with Crippen molar-refractivity contribution in [2.24, 2.45) is 5.92 Å². The maximum Gasteiger partial charge on any atom is 0.161 e. The van der Waals surface area contributed by atoms with Crippen LogP contribution in [-0.2, 0) is 5.41 Å². The second kappa shape index (κ2) is 5.51. The van der Waals surface area contributed by atoms with Gasteiger partial charge in [-0.05, 0) is 42.5 Å². The number of nitrogens with zero attached hydrogens (tertiary/aromatic N) is 1. The molecule has 1 fully saturated rings. The van der Waals surface area contributed by atoms with Gasteiger partial charge in [-0.15, -0.1) is 0 Å². The lowest BCUT2D eigenvalue weighted by atomic mass is 9.67. The number of aliphatic hydroxyl groups excluding tert-OH is 1. The van der Waals surface area contributed by atoms with Crippen LogP contribution in [0.4, 0.5) is 0 Å². The first-order chi connectivity index (χ1) is 10.5. The van der Waals surface area contributed by atoms with E-state index < -0.39 is 0 Å². The minimum absolute atomic E-state index is 0.0209. The van der Waals surface area contributed by atoms with Gasteiger partial charge < -0.3 is 19.5 Å². The lowest BCUT2D eigenvalue weighted by Gasteiger charge is -2.40. The summed E-state index contributed by atoms with van der Waals surface area (Å²) in [5.41, 5.74) is 2.47.